The molecule has 6 nitrogen and oxygen atoms in total. The predicted octanol–water partition coefficient (Wildman–Crippen LogP) is 0.0537. The standard InChI is InChI=1S/C13H18FN3O3S/c14-10-3-5-12(6-4-10)21(19,20)17(9-13(15)18)11-2-1-7-16-8-11/h3-6,11,16H,1-2,7-9H2,(H2,15,18). The molecular weight excluding hydrogens is 297 g/mol. The van der Waals surface area contributed by atoms with Gasteiger partial charge in [-0.3, -0.25) is 4.79 Å². The number of benzene rings is 1. The second-order valence-electron chi connectivity index (χ2n) is 4.97. The summed E-state index contributed by atoms with van der Waals surface area (Å²) in [5.41, 5.74) is 5.17. The zero-order valence-corrected chi connectivity index (χ0v) is 12.3. The van der Waals surface area contributed by atoms with Gasteiger partial charge >= 0.3 is 0 Å². The van der Waals surface area contributed by atoms with E-state index in [-0.39, 0.29) is 17.5 Å². The Morgan fingerprint density at radius 2 is 2.05 bits per heavy atom. The van der Waals surface area contributed by atoms with Crippen LogP contribution in [0.25, 0.3) is 0 Å². The molecule has 21 heavy (non-hydrogen) atoms. The SMILES string of the molecule is NC(=O)CN(C1CCCNC1)S(=O)(=O)c1ccc(F)cc1. The van der Waals surface area contributed by atoms with Crippen molar-refractivity contribution in [1.82, 2.24) is 9.62 Å². The molecule has 1 atom stereocenters. The molecular formula is C13H18FN3O3S. The van der Waals surface area contributed by atoms with Gasteiger partial charge < -0.3 is 11.1 Å². The van der Waals surface area contributed by atoms with Gasteiger partial charge in [-0.05, 0) is 43.7 Å². The van der Waals surface area contributed by atoms with Gasteiger partial charge in [-0.2, -0.15) is 4.31 Å². The molecule has 0 aromatic heterocycles. The van der Waals surface area contributed by atoms with Gasteiger partial charge in [0.05, 0.1) is 11.4 Å². The van der Waals surface area contributed by atoms with Gasteiger partial charge in [0.1, 0.15) is 5.82 Å². The quantitative estimate of drug-likeness (QED) is 0.803. The van der Waals surface area contributed by atoms with Crippen LogP contribution < -0.4 is 11.1 Å². The van der Waals surface area contributed by atoms with Crippen molar-refractivity contribution in [2.45, 2.75) is 23.8 Å². The molecule has 1 aromatic rings. The molecule has 1 aliphatic rings. The molecule has 3 N–H and O–H groups in total. The highest BCUT2D eigenvalue weighted by atomic mass is 32.2. The fourth-order valence-corrected chi connectivity index (χ4v) is 4.01. The monoisotopic (exact) mass is 315 g/mol. The van der Waals surface area contributed by atoms with Crippen molar-refractivity contribution >= 4 is 15.9 Å². The number of amides is 1. The number of carbonyl (C=O) groups excluding carboxylic acids is 1. The number of hydrogen-bond donors (Lipinski definition) is 2. The van der Waals surface area contributed by atoms with E-state index >= 15 is 0 Å². The second kappa shape index (κ2) is 6.50. The van der Waals surface area contributed by atoms with Gasteiger partial charge in [0, 0.05) is 12.6 Å². The first-order chi connectivity index (χ1) is 9.91. The lowest BCUT2D eigenvalue weighted by Gasteiger charge is -2.32. The Kier molecular flexibility index (Phi) is 4.92. The van der Waals surface area contributed by atoms with Crippen LogP contribution in [0.3, 0.4) is 0 Å². The number of hydrogen-bond acceptors (Lipinski definition) is 4. The van der Waals surface area contributed by atoms with Crippen LogP contribution in [-0.4, -0.2) is 44.3 Å². The predicted molar refractivity (Wildman–Crippen MR) is 75.4 cm³/mol. The number of nitrogens with zero attached hydrogens (tertiary/aromatic N) is 1. The summed E-state index contributed by atoms with van der Waals surface area (Å²) in [4.78, 5) is 11.2. The normalized spacial score (nSPS) is 19.6. The first kappa shape index (κ1) is 15.9. The topological polar surface area (TPSA) is 92.5 Å². The van der Waals surface area contributed by atoms with Crippen LogP contribution in [0.1, 0.15) is 12.8 Å². The molecule has 0 radical (unpaired) electrons. The van der Waals surface area contributed by atoms with Crippen LogP contribution in [-0.2, 0) is 14.8 Å². The summed E-state index contributed by atoms with van der Waals surface area (Å²) in [5.74, 6) is -1.24. The van der Waals surface area contributed by atoms with Gasteiger partial charge in [-0.1, -0.05) is 0 Å². The van der Waals surface area contributed by atoms with E-state index in [9.17, 15) is 17.6 Å². The molecule has 116 valence electrons. The van der Waals surface area contributed by atoms with Crippen molar-refractivity contribution in [2.75, 3.05) is 19.6 Å². The van der Waals surface area contributed by atoms with Crippen molar-refractivity contribution in [2.24, 2.45) is 5.73 Å². The fraction of sp³-hybridized carbons (Fsp3) is 0.462. The van der Waals surface area contributed by atoms with E-state index in [1.54, 1.807) is 0 Å². The maximum atomic E-state index is 12.9. The molecule has 1 heterocycles. The highest BCUT2D eigenvalue weighted by Crippen LogP contribution is 2.21. The van der Waals surface area contributed by atoms with Gasteiger partial charge in [-0.25, -0.2) is 12.8 Å². The summed E-state index contributed by atoms with van der Waals surface area (Å²) in [7, 11) is -3.89. The Labute approximate surface area is 123 Å². The molecule has 0 saturated carbocycles. The van der Waals surface area contributed by atoms with Gasteiger partial charge in [0.15, 0.2) is 0 Å². The first-order valence-electron chi connectivity index (χ1n) is 6.67. The number of primary amides is 1. The first-order valence-corrected chi connectivity index (χ1v) is 8.11. The van der Waals surface area contributed by atoms with Crippen molar-refractivity contribution in [3.63, 3.8) is 0 Å². The fourth-order valence-electron chi connectivity index (χ4n) is 2.39. The highest BCUT2D eigenvalue weighted by molar-refractivity contribution is 7.89. The number of rotatable bonds is 5. The summed E-state index contributed by atoms with van der Waals surface area (Å²) in [5, 5.41) is 3.10. The zero-order valence-electron chi connectivity index (χ0n) is 11.5. The maximum absolute atomic E-state index is 12.9. The molecule has 0 spiro atoms. The van der Waals surface area contributed by atoms with Gasteiger partial charge in [0.25, 0.3) is 0 Å². The Morgan fingerprint density at radius 3 is 2.57 bits per heavy atom. The Morgan fingerprint density at radius 1 is 1.38 bits per heavy atom. The molecule has 2 rings (SSSR count). The lowest BCUT2D eigenvalue weighted by atomic mass is 10.1. The van der Waals surface area contributed by atoms with Crippen LogP contribution in [0.5, 0.6) is 0 Å². The van der Waals surface area contributed by atoms with E-state index in [1.807, 2.05) is 0 Å². The number of piperidine rings is 1. The summed E-state index contributed by atoms with van der Waals surface area (Å²) < 4.78 is 39.3. The van der Waals surface area contributed by atoms with Crippen molar-refractivity contribution < 1.29 is 17.6 Å². The Hall–Kier alpha value is -1.51. The van der Waals surface area contributed by atoms with Crippen LogP contribution in [0.4, 0.5) is 4.39 Å². The number of halogens is 1. The van der Waals surface area contributed by atoms with Gasteiger partial charge in [-0.15, -0.1) is 0 Å². The number of sulfonamides is 1. The summed E-state index contributed by atoms with van der Waals surface area (Å²) in [6, 6.07) is 4.20. The van der Waals surface area contributed by atoms with Crippen molar-refractivity contribution in [3.8, 4) is 0 Å². The minimum absolute atomic E-state index is 0.0456. The average molecular weight is 315 g/mol. The number of nitrogens with one attached hydrogen (secondary N) is 1. The third-order valence-corrected chi connectivity index (χ3v) is 5.32. The summed E-state index contributed by atoms with van der Waals surface area (Å²) >= 11 is 0. The minimum atomic E-state index is -3.89. The van der Waals surface area contributed by atoms with E-state index < -0.39 is 21.7 Å². The van der Waals surface area contributed by atoms with Crippen LogP contribution in [0, 0.1) is 5.82 Å². The van der Waals surface area contributed by atoms with Crippen LogP contribution in [0.2, 0.25) is 0 Å². The van der Waals surface area contributed by atoms with E-state index in [0.717, 1.165) is 29.4 Å². The number of carbonyl (C=O) groups is 1. The average Bonchev–Trinajstić information content (AvgIpc) is 2.46. The lowest BCUT2D eigenvalue weighted by Crippen LogP contribution is -2.51. The minimum Gasteiger partial charge on any atom is -0.369 e. The largest absolute Gasteiger partial charge is 0.369 e. The Balaban J connectivity index is 2.33. The maximum Gasteiger partial charge on any atom is 0.243 e. The molecule has 1 fully saturated rings. The summed E-state index contributed by atoms with van der Waals surface area (Å²) in [6.45, 7) is 0.900. The molecule has 8 heteroatoms. The van der Waals surface area contributed by atoms with E-state index in [4.69, 9.17) is 5.73 Å². The second-order valence-corrected chi connectivity index (χ2v) is 6.86. The van der Waals surface area contributed by atoms with Crippen molar-refractivity contribution in [3.05, 3.63) is 30.1 Å². The molecule has 1 amide bonds. The third kappa shape index (κ3) is 3.78. The molecule has 0 aliphatic carbocycles. The summed E-state index contributed by atoms with van der Waals surface area (Å²) in [6.07, 6.45) is 1.47. The van der Waals surface area contributed by atoms with Crippen molar-refractivity contribution in [1.29, 1.82) is 0 Å². The highest BCUT2D eigenvalue weighted by Gasteiger charge is 2.33. The number of nitrogens with two attached hydrogens (primary N) is 1. The zero-order chi connectivity index (χ0) is 15.5. The molecule has 0 bridgehead atoms. The smallest absolute Gasteiger partial charge is 0.243 e. The van der Waals surface area contributed by atoms with E-state index in [0.29, 0.717) is 13.0 Å². The lowest BCUT2D eigenvalue weighted by molar-refractivity contribution is -0.118. The molecule has 1 unspecified atom stereocenters. The molecule has 1 aromatic carbocycles. The molecule has 1 aliphatic heterocycles. The third-order valence-electron chi connectivity index (χ3n) is 3.41. The van der Waals surface area contributed by atoms with E-state index in [2.05, 4.69) is 5.32 Å². The van der Waals surface area contributed by atoms with Crippen LogP contribution >= 0.6 is 0 Å². The van der Waals surface area contributed by atoms with E-state index in [1.165, 1.54) is 12.1 Å². The molecule has 1 saturated heterocycles. The van der Waals surface area contributed by atoms with Gasteiger partial charge in [0.2, 0.25) is 15.9 Å². The van der Waals surface area contributed by atoms with Crippen LogP contribution in [0.15, 0.2) is 29.2 Å². The Bertz CT molecular complexity index is 598.